The number of amides is 1. The molecule has 3 heterocycles. The highest BCUT2D eigenvalue weighted by Gasteiger charge is 2.33. The van der Waals surface area contributed by atoms with Gasteiger partial charge in [0.1, 0.15) is 4.21 Å². The number of carbonyl (C=O) groups excluding carboxylic acids is 1. The molecule has 1 saturated heterocycles. The Labute approximate surface area is 156 Å². The minimum atomic E-state index is -3.44. The molecule has 1 aliphatic heterocycles. The fourth-order valence-electron chi connectivity index (χ4n) is 2.97. The van der Waals surface area contributed by atoms with Gasteiger partial charge in [0, 0.05) is 32.5 Å². The second-order valence-electron chi connectivity index (χ2n) is 6.26. The Bertz CT molecular complexity index is 839. The number of rotatable bonds is 6. The van der Waals surface area contributed by atoms with E-state index in [1.165, 1.54) is 15.6 Å². The average Bonchev–Trinajstić information content (AvgIpc) is 3.33. The molecule has 2 aromatic heterocycles. The number of hydrogen-bond donors (Lipinski definition) is 0. The van der Waals surface area contributed by atoms with E-state index in [0.29, 0.717) is 48.3 Å². The van der Waals surface area contributed by atoms with Gasteiger partial charge in [-0.05, 0) is 24.3 Å². The zero-order valence-electron chi connectivity index (χ0n) is 14.8. The number of piperidine rings is 1. The van der Waals surface area contributed by atoms with Crippen LogP contribution in [0, 0.1) is 5.92 Å². The van der Waals surface area contributed by atoms with Crippen molar-refractivity contribution < 1.29 is 17.7 Å². The van der Waals surface area contributed by atoms with Crippen molar-refractivity contribution in [1.82, 2.24) is 19.3 Å². The smallest absolute Gasteiger partial charge is 0.252 e. The predicted octanol–water partition coefficient (Wildman–Crippen LogP) is 1.75. The van der Waals surface area contributed by atoms with Gasteiger partial charge >= 0.3 is 0 Å². The summed E-state index contributed by atoms with van der Waals surface area (Å²) in [6.45, 7) is 2.90. The van der Waals surface area contributed by atoms with Crippen LogP contribution in [0.1, 0.15) is 31.5 Å². The molecule has 0 unspecified atom stereocenters. The van der Waals surface area contributed by atoms with E-state index in [0.717, 1.165) is 0 Å². The van der Waals surface area contributed by atoms with Crippen molar-refractivity contribution >= 4 is 27.3 Å². The molecule has 2 aromatic rings. The van der Waals surface area contributed by atoms with Crippen LogP contribution in [0.2, 0.25) is 0 Å². The van der Waals surface area contributed by atoms with Crippen LogP contribution in [0.3, 0.4) is 0 Å². The number of aryl methyl sites for hydroxylation is 1. The SMILES string of the molecule is CCc1noc(CN(C)C(=O)C2CCN(S(=O)(=O)c3cccs3)CC2)n1. The molecule has 26 heavy (non-hydrogen) atoms. The van der Waals surface area contributed by atoms with Crippen LogP contribution in [0.5, 0.6) is 0 Å². The predicted molar refractivity (Wildman–Crippen MR) is 96.0 cm³/mol. The highest BCUT2D eigenvalue weighted by Crippen LogP contribution is 2.27. The summed E-state index contributed by atoms with van der Waals surface area (Å²) < 4.78 is 32.0. The van der Waals surface area contributed by atoms with E-state index in [4.69, 9.17) is 4.52 Å². The van der Waals surface area contributed by atoms with E-state index in [1.807, 2.05) is 6.92 Å². The maximum absolute atomic E-state index is 12.6. The summed E-state index contributed by atoms with van der Waals surface area (Å²) in [5, 5.41) is 5.57. The molecule has 1 aliphatic rings. The number of carbonyl (C=O) groups is 1. The van der Waals surface area contributed by atoms with Gasteiger partial charge in [0.15, 0.2) is 5.82 Å². The van der Waals surface area contributed by atoms with Gasteiger partial charge < -0.3 is 9.42 Å². The van der Waals surface area contributed by atoms with E-state index < -0.39 is 10.0 Å². The highest BCUT2D eigenvalue weighted by molar-refractivity contribution is 7.91. The van der Waals surface area contributed by atoms with Crippen molar-refractivity contribution in [3.05, 3.63) is 29.2 Å². The molecule has 0 radical (unpaired) electrons. The molecule has 0 saturated carbocycles. The Morgan fingerprint density at radius 3 is 2.73 bits per heavy atom. The number of thiophene rings is 1. The van der Waals surface area contributed by atoms with Crippen LogP contribution in [0.15, 0.2) is 26.2 Å². The van der Waals surface area contributed by atoms with Crippen molar-refractivity contribution in [2.24, 2.45) is 5.92 Å². The number of sulfonamides is 1. The lowest BCUT2D eigenvalue weighted by Crippen LogP contribution is -2.43. The molecule has 142 valence electrons. The lowest BCUT2D eigenvalue weighted by atomic mass is 9.97. The van der Waals surface area contributed by atoms with Crippen LogP contribution in [0.4, 0.5) is 0 Å². The van der Waals surface area contributed by atoms with E-state index >= 15 is 0 Å². The quantitative estimate of drug-likeness (QED) is 0.735. The lowest BCUT2D eigenvalue weighted by molar-refractivity contribution is -0.136. The zero-order valence-corrected chi connectivity index (χ0v) is 16.4. The highest BCUT2D eigenvalue weighted by atomic mass is 32.2. The Hall–Kier alpha value is -1.78. The minimum Gasteiger partial charge on any atom is -0.337 e. The van der Waals surface area contributed by atoms with Crippen molar-refractivity contribution in [3.8, 4) is 0 Å². The van der Waals surface area contributed by atoms with Gasteiger partial charge in [-0.25, -0.2) is 8.42 Å². The summed E-state index contributed by atoms with van der Waals surface area (Å²) >= 11 is 1.21. The number of aromatic nitrogens is 2. The largest absolute Gasteiger partial charge is 0.337 e. The molecule has 8 nitrogen and oxygen atoms in total. The van der Waals surface area contributed by atoms with Crippen molar-refractivity contribution in [1.29, 1.82) is 0 Å². The molecule has 1 amide bonds. The normalized spacial score (nSPS) is 16.7. The molecule has 1 fully saturated rings. The first-order chi connectivity index (χ1) is 12.4. The first kappa shape index (κ1) is 19.0. The summed E-state index contributed by atoms with van der Waals surface area (Å²) in [6, 6.07) is 3.34. The first-order valence-corrected chi connectivity index (χ1v) is 10.8. The Balaban J connectivity index is 1.56. The van der Waals surface area contributed by atoms with Crippen molar-refractivity contribution in [2.75, 3.05) is 20.1 Å². The van der Waals surface area contributed by atoms with E-state index in [2.05, 4.69) is 10.1 Å². The molecule has 3 rings (SSSR count). The van der Waals surface area contributed by atoms with E-state index in [9.17, 15) is 13.2 Å². The third-order valence-corrected chi connectivity index (χ3v) is 7.74. The molecule has 0 aromatic carbocycles. The molecule has 0 aliphatic carbocycles. The fourth-order valence-corrected chi connectivity index (χ4v) is 5.59. The fraction of sp³-hybridized carbons (Fsp3) is 0.562. The van der Waals surface area contributed by atoms with Gasteiger partial charge in [-0.3, -0.25) is 4.79 Å². The van der Waals surface area contributed by atoms with Crippen molar-refractivity contribution in [2.45, 2.75) is 36.9 Å². The summed E-state index contributed by atoms with van der Waals surface area (Å²) in [6.07, 6.45) is 1.70. The zero-order chi connectivity index (χ0) is 18.7. The van der Waals surface area contributed by atoms with Gasteiger partial charge in [-0.2, -0.15) is 9.29 Å². The number of hydrogen-bond acceptors (Lipinski definition) is 7. The Kier molecular flexibility index (Phi) is 5.73. The van der Waals surface area contributed by atoms with Crippen LogP contribution in [-0.4, -0.2) is 53.8 Å². The molecule has 10 heteroatoms. The van der Waals surface area contributed by atoms with Gasteiger partial charge in [0.25, 0.3) is 10.0 Å². The van der Waals surface area contributed by atoms with Crippen LogP contribution >= 0.6 is 11.3 Å². The lowest BCUT2D eigenvalue weighted by Gasteiger charge is -2.31. The van der Waals surface area contributed by atoms with E-state index in [1.54, 1.807) is 29.5 Å². The summed E-state index contributed by atoms with van der Waals surface area (Å²) in [5.41, 5.74) is 0. The van der Waals surface area contributed by atoms with Gasteiger partial charge in [-0.1, -0.05) is 18.1 Å². The Morgan fingerprint density at radius 2 is 2.15 bits per heavy atom. The minimum absolute atomic E-state index is 0.0191. The average molecular weight is 399 g/mol. The van der Waals surface area contributed by atoms with E-state index in [-0.39, 0.29) is 18.4 Å². The van der Waals surface area contributed by atoms with Crippen LogP contribution < -0.4 is 0 Å². The third-order valence-electron chi connectivity index (χ3n) is 4.47. The van der Waals surface area contributed by atoms with Crippen molar-refractivity contribution in [3.63, 3.8) is 0 Å². The first-order valence-electron chi connectivity index (χ1n) is 8.52. The maximum atomic E-state index is 12.6. The van der Waals surface area contributed by atoms with Crippen LogP contribution in [-0.2, 0) is 27.8 Å². The number of nitrogens with zero attached hydrogens (tertiary/aromatic N) is 4. The standard InChI is InChI=1S/C16H22N4O4S2/c1-3-13-17-14(24-18-13)11-19(2)16(21)12-6-8-20(9-7-12)26(22,23)15-5-4-10-25-15/h4-5,10,12H,3,6-9,11H2,1-2H3. The molecule has 0 N–H and O–H groups in total. The van der Waals surface area contributed by atoms with Gasteiger partial charge in [0.2, 0.25) is 11.8 Å². The topological polar surface area (TPSA) is 96.6 Å². The molecule has 0 atom stereocenters. The second-order valence-corrected chi connectivity index (χ2v) is 9.38. The van der Waals surface area contributed by atoms with Crippen LogP contribution in [0.25, 0.3) is 0 Å². The van der Waals surface area contributed by atoms with Gasteiger partial charge in [0.05, 0.1) is 6.54 Å². The van der Waals surface area contributed by atoms with Gasteiger partial charge in [-0.15, -0.1) is 11.3 Å². The molecule has 0 bridgehead atoms. The monoisotopic (exact) mass is 398 g/mol. The summed E-state index contributed by atoms with van der Waals surface area (Å²) in [5.74, 6) is 0.820. The maximum Gasteiger partial charge on any atom is 0.252 e. The summed E-state index contributed by atoms with van der Waals surface area (Å²) in [4.78, 5) is 18.4. The molecular formula is C16H22N4O4S2. The molecular weight excluding hydrogens is 376 g/mol. The summed E-state index contributed by atoms with van der Waals surface area (Å²) in [7, 11) is -1.74. The molecule has 0 spiro atoms. The third kappa shape index (κ3) is 3.97. The second kappa shape index (κ2) is 7.85. The Morgan fingerprint density at radius 1 is 1.42 bits per heavy atom.